The average molecular weight is 365 g/mol. The number of amides is 1. The van der Waals surface area contributed by atoms with Crippen LogP contribution >= 0.6 is 11.8 Å². The van der Waals surface area contributed by atoms with E-state index in [0.29, 0.717) is 18.4 Å². The lowest BCUT2D eigenvalue weighted by atomic mass is 10.1. The number of carbonyl (C=O) groups excluding carboxylic acids is 3. The second-order valence-electron chi connectivity index (χ2n) is 4.63. The molecule has 0 fully saturated rings. The Balaban J connectivity index is 5.54. The molecule has 9 heteroatoms. The van der Waals surface area contributed by atoms with Gasteiger partial charge in [-0.05, 0) is 38.6 Å². The molecule has 136 valence electrons. The first kappa shape index (κ1) is 13.6. The number of Topliss-reactive ketones (excluding diaryl/α,β-unsaturated/α-hetero) is 1. The summed E-state index contributed by atoms with van der Waals surface area (Å²) in [5.41, 5.74) is 8.39. The number of rotatable bonds is 12. The zero-order valence-electron chi connectivity index (χ0n) is 19.5. The van der Waals surface area contributed by atoms with Crippen LogP contribution in [0.15, 0.2) is 0 Å². The highest BCUT2D eigenvalue weighted by molar-refractivity contribution is 7.98. The number of hydrogen-bond acceptors (Lipinski definition) is 6. The van der Waals surface area contributed by atoms with E-state index in [1.807, 2.05) is 6.26 Å². The molecule has 0 aromatic heterocycles. The standard InChI is InChI=1S/C15H25N3O5S/c1-10(2)23-15(21)12(6-5-11(19)9-17-16)18-14(20)13(22-3)7-8-24-4/h9-10,12-13H,5-8H2,1-4H3,(H,18,20)/t12-,13-/m0/s1/i1D3,2D3. The highest BCUT2D eigenvalue weighted by Gasteiger charge is 2.27. The molecule has 2 atom stereocenters. The van der Waals surface area contributed by atoms with Crippen molar-refractivity contribution in [2.45, 2.75) is 51.2 Å². The van der Waals surface area contributed by atoms with Crippen molar-refractivity contribution in [1.82, 2.24) is 5.32 Å². The number of esters is 1. The Morgan fingerprint density at radius 2 is 2.08 bits per heavy atom. The monoisotopic (exact) mass is 365 g/mol. The van der Waals surface area contributed by atoms with Crippen LogP contribution in [0.3, 0.4) is 0 Å². The van der Waals surface area contributed by atoms with Crippen LogP contribution in [0.25, 0.3) is 5.53 Å². The summed E-state index contributed by atoms with van der Waals surface area (Å²) in [4.78, 5) is 39.0. The van der Waals surface area contributed by atoms with Crippen molar-refractivity contribution >= 4 is 35.6 Å². The second-order valence-corrected chi connectivity index (χ2v) is 5.62. The third-order valence-corrected chi connectivity index (χ3v) is 3.52. The maximum absolute atomic E-state index is 12.5. The van der Waals surface area contributed by atoms with Gasteiger partial charge < -0.3 is 20.3 Å². The van der Waals surface area contributed by atoms with E-state index in [0.717, 1.165) is 0 Å². The molecular formula is C15H25N3O5S. The third-order valence-electron chi connectivity index (χ3n) is 2.88. The minimum Gasteiger partial charge on any atom is -0.461 e. The summed E-state index contributed by atoms with van der Waals surface area (Å²) >= 11 is 1.46. The van der Waals surface area contributed by atoms with Crippen LogP contribution in [0.4, 0.5) is 0 Å². The Kier molecular flexibility index (Phi) is 7.18. The van der Waals surface area contributed by atoms with Crippen molar-refractivity contribution in [2.75, 3.05) is 19.1 Å². The van der Waals surface area contributed by atoms with Crippen molar-refractivity contribution in [3.63, 3.8) is 0 Å². The molecule has 1 amide bonds. The van der Waals surface area contributed by atoms with Gasteiger partial charge in [-0.1, -0.05) is 0 Å². The van der Waals surface area contributed by atoms with Crippen molar-refractivity contribution in [1.29, 1.82) is 0 Å². The average Bonchev–Trinajstić information content (AvgIpc) is 2.61. The smallest absolute Gasteiger partial charge is 0.328 e. The largest absolute Gasteiger partial charge is 0.461 e. The van der Waals surface area contributed by atoms with Gasteiger partial charge in [0.2, 0.25) is 11.7 Å². The zero-order chi connectivity index (χ0) is 23.5. The van der Waals surface area contributed by atoms with Crippen molar-refractivity contribution in [3.05, 3.63) is 5.53 Å². The molecule has 0 aromatic rings. The van der Waals surface area contributed by atoms with Gasteiger partial charge in [0.1, 0.15) is 12.1 Å². The molecule has 0 saturated carbocycles. The van der Waals surface area contributed by atoms with E-state index in [1.165, 1.54) is 18.9 Å². The Morgan fingerprint density at radius 3 is 2.62 bits per heavy atom. The van der Waals surface area contributed by atoms with Crippen molar-refractivity contribution in [3.8, 4) is 0 Å². The van der Waals surface area contributed by atoms with Crippen LogP contribution < -0.4 is 5.32 Å². The molecule has 0 aliphatic carbocycles. The summed E-state index contributed by atoms with van der Waals surface area (Å²) in [5.74, 6) is -2.14. The topological polar surface area (TPSA) is 118 Å². The van der Waals surface area contributed by atoms with Gasteiger partial charge in [0.25, 0.3) is 0 Å². The van der Waals surface area contributed by atoms with Gasteiger partial charge in [0, 0.05) is 21.8 Å². The summed E-state index contributed by atoms with van der Waals surface area (Å²) < 4.78 is 53.6. The molecule has 0 aliphatic rings. The lowest BCUT2D eigenvalue weighted by molar-refractivity contribution is -0.152. The van der Waals surface area contributed by atoms with Gasteiger partial charge >= 0.3 is 12.2 Å². The first-order chi connectivity index (χ1) is 13.8. The Hall–Kier alpha value is -1.70. The molecule has 0 aliphatic heterocycles. The van der Waals surface area contributed by atoms with Crippen LogP contribution in [0.1, 0.15) is 41.2 Å². The van der Waals surface area contributed by atoms with Gasteiger partial charge in [0.15, 0.2) is 0 Å². The maximum Gasteiger partial charge on any atom is 0.328 e. The molecule has 0 spiro atoms. The van der Waals surface area contributed by atoms with Crippen LogP contribution in [-0.4, -0.2) is 66.0 Å². The van der Waals surface area contributed by atoms with E-state index in [1.54, 1.807) is 0 Å². The van der Waals surface area contributed by atoms with Gasteiger partial charge in [-0.2, -0.15) is 16.6 Å². The van der Waals surface area contributed by atoms with Crippen molar-refractivity contribution in [2.24, 2.45) is 0 Å². The lowest BCUT2D eigenvalue weighted by Crippen LogP contribution is -2.47. The van der Waals surface area contributed by atoms with Gasteiger partial charge in [0.05, 0.1) is 6.10 Å². The van der Waals surface area contributed by atoms with Gasteiger partial charge in [-0.15, -0.1) is 0 Å². The quantitative estimate of drug-likeness (QED) is 0.237. The van der Waals surface area contributed by atoms with E-state index in [9.17, 15) is 14.4 Å². The molecule has 0 bridgehead atoms. The summed E-state index contributed by atoms with van der Waals surface area (Å²) in [7, 11) is 1.29. The lowest BCUT2D eigenvalue weighted by Gasteiger charge is -2.21. The zero-order valence-corrected chi connectivity index (χ0v) is 14.3. The van der Waals surface area contributed by atoms with Crippen LogP contribution in [0, 0.1) is 0 Å². The summed E-state index contributed by atoms with van der Waals surface area (Å²) in [6, 6.07) is -1.52. The summed E-state index contributed by atoms with van der Waals surface area (Å²) in [6.45, 7) is -6.27. The number of ketones is 1. The molecule has 8 nitrogen and oxygen atoms in total. The molecular weight excluding hydrogens is 334 g/mol. The minimum atomic E-state index is -3.14. The van der Waals surface area contributed by atoms with E-state index >= 15 is 0 Å². The second kappa shape index (κ2) is 12.7. The predicted octanol–water partition coefficient (Wildman–Crippen LogP) is 0.841. The molecule has 0 aromatic carbocycles. The van der Waals surface area contributed by atoms with Gasteiger partial charge in [-0.25, -0.2) is 4.79 Å². The molecule has 0 unspecified atom stereocenters. The Bertz CT molecular complexity index is 638. The molecule has 1 N–H and O–H groups in total. The van der Waals surface area contributed by atoms with E-state index < -0.39 is 49.6 Å². The number of ether oxygens (including phenoxy) is 2. The molecule has 0 rings (SSSR count). The third kappa shape index (κ3) is 9.44. The fourth-order valence-electron chi connectivity index (χ4n) is 1.71. The summed E-state index contributed by atoms with van der Waals surface area (Å²) in [5, 5.41) is 2.31. The highest BCUT2D eigenvalue weighted by atomic mass is 32.2. The summed E-state index contributed by atoms with van der Waals surface area (Å²) in [6.07, 6.45) is -1.32. The number of methoxy groups -OCH3 is 1. The van der Waals surface area contributed by atoms with E-state index in [4.69, 9.17) is 23.2 Å². The fourth-order valence-corrected chi connectivity index (χ4v) is 2.16. The maximum atomic E-state index is 12.5. The number of carbonyl (C=O) groups is 3. The van der Waals surface area contributed by atoms with Crippen LogP contribution in [0.5, 0.6) is 0 Å². The highest BCUT2D eigenvalue weighted by Crippen LogP contribution is 2.07. The molecule has 0 radical (unpaired) electrons. The van der Waals surface area contributed by atoms with Gasteiger partial charge in [-0.3, -0.25) is 9.59 Å². The van der Waals surface area contributed by atoms with Crippen LogP contribution in [0.2, 0.25) is 0 Å². The predicted molar refractivity (Wildman–Crippen MR) is 90.9 cm³/mol. The van der Waals surface area contributed by atoms with E-state index in [-0.39, 0.29) is 12.8 Å². The first-order valence-electron chi connectivity index (χ1n) is 10.0. The molecule has 24 heavy (non-hydrogen) atoms. The van der Waals surface area contributed by atoms with E-state index in [2.05, 4.69) is 10.1 Å². The number of hydrogen-bond donors (Lipinski definition) is 1. The van der Waals surface area contributed by atoms with Crippen molar-refractivity contribution < 1.29 is 36.9 Å². The number of thioether (sulfide) groups is 1. The minimum absolute atomic E-state index is 0.314. The number of nitrogens with zero attached hydrogens (tertiary/aromatic N) is 2. The fraction of sp³-hybridized carbons (Fsp3) is 0.733. The Labute approximate surface area is 154 Å². The Morgan fingerprint density at radius 1 is 1.38 bits per heavy atom. The first-order valence-corrected chi connectivity index (χ1v) is 8.40. The molecule has 0 saturated heterocycles. The molecule has 0 heterocycles. The normalized spacial score (nSPS) is 17.6. The number of nitrogens with one attached hydrogen (secondary N) is 1. The van der Waals surface area contributed by atoms with Crippen LogP contribution in [-0.2, 0) is 23.9 Å². The SMILES string of the molecule is [2H]C([2H])([2H])C(OC(=O)[C@H](CCC(=O)C=[N+]=[N-])NC(=O)[C@H](CCSC)OC)C([2H])([2H])[2H].